The Bertz CT molecular complexity index is 822. The summed E-state index contributed by atoms with van der Waals surface area (Å²) in [5, 5.41) is 7.39. The number of carbonyl (C=O) groups excluding carboxylic acids is 1. The number of aromatic nitrogens is 2. The van der Waals surface area contributed by atoms with E-state index >= 15 is 0 Å². The first kappa shape index (κ1) is 17.0. The van der Waals surface area contributed by atoms with Crippen molar-refractivity contribution in [3.63, 3.8) is 0 Å². The van der Waals surface area contributed by atoms with E-state index in [1.54, 1.807) is 10.9 Å². The van der Waals surface area contributed by atoms with Crippen LogP contribution in [0.25, 0.3) is 5.69 Å². The molecule has 2 aromatic carbocycles. The zero-order chi connectivity index (χ0) is 17.6. The lowest BCUT2D eigenvalue weighted by molar-refractivity contribution is -0.121. The van der Waals surface area contributed by atoms with Crippen molar-refractivity contribution in [1.29, 1.82) is 0 Å². The van der Waals surface area contributed by atoms with Crippen LogP contribution >= 0.6 is 0 Å². The molecule has 0 radical (unpaired) electrons. The molecule has 4 nitrogen and oxygen atoms in total. The molecular weight excluding hydrogens is 310 g/mol. The number of hydrogen-bond acceptors (Lipinski definition) is 2. The first-order valence-electron chi connectivity index (χ1n) is 8.63. The van der Waals surface area contributed by atoms with Gasteiger partial charge >= 0.3 is 0 Å². The van der Waals surface area contributed by atoms with Gasteiger partial charge in [-0.1, -0.05) is 49.4 Å². The summed E-state index contributed by atoms with van der Waals surface area (Å²) in [5.41, 5.74) is 4.30. The molecule has 4 heteroatoms. The van der Waals surface area contributed by atoms with Crippen LogP contribution < -0.4 is 5.32 Å². The van der Waals surface area contributed by atoms with E-state index in [0.29, 0.717) is 6.42 Å². The minimum atomic E-state index is -0.0115. The van der Waals surface area contributed by atoms with E-state index in [2.05, 4.69) is 41.6 Å². The van der Waals surface area contributed by atoms with E-state index in [0.717, 1.165) is 23.2 Å². The fourth-order valence-corrected chi connectivity index (χ4v) is 2.78. The van der Waals surface area contributed by atoms with Crippen molar-refractivity contribution in [2.75, 3.05) is 0 Å². The standard InChI is InChI=1S/C21H23N3O/c1-3-17-9-11-19(12-10-17)16(2)23-21(25)13-18-14-22-24(15-18)20-7-5-4-6-8-20/h4-12,14-16H,3,13H2,1-2H3,(H,23,25)/t16-/m0/s1. The number of nitrogens with one attached hydrogen (secondary N) is 1. The maximum Gasteiger partial charge on any atom is 0.225 e. The second kappa shape index (κ2) is 7.79. The lowest BCUT2D eigenvalue weighted by atomic mass is 10.0. The second-order valence-electron chi connectivity index (χ2n) is 6.19. The number of aryl methyl sites for hydroxylation is 1. The molecule has 0 aliphatic rings. The van der Waals surface area contributed by atoms with Gasteiger partial charge in [-0.2, -0.15) is 5.10 Å². The Morgan fingerprint density at radius 2 is 1.80 bits per heavy atom. The Morgan fingerprint density at radius 1 is 1.08 bits per heavy atom. The lowest BCUT2D eigenvalue weighted by Gasteiger charge is -2.14. The zero-order valence-corrected chi connectivity index (χ0v) is 14.6. The highest BCUT2D eigenvalue weighted by Crippen LogP contribution is 2.14. The molecule has 1 N–H and O–H groups in total. The molecule has 3 rings (SSSR count). The number of amides is 1. The summed E-state index contributed by atoms with van der Waals surface area (Å²) >= 11 is 0. The largest absolute Gasteiger partial charge is 0.349 e. The molecule has 128 valence electrons. The van der Waals surface area contributed by atoms with Gasteiger partial charge in [-0.15, -0.1) is 0 Å². The topological polar surface area (TPSA) is 46.9 Å². The van der Waals surface area contributed by atoms with E-state index in [1.807, 2.05) is 43.5 Å². The van der Waals surface area contributed by atoms with Crippen LogP contribution in [0.2, 0.25) is 0 Å². The van der Waals surface area contributed by atoms with E-state index in [-0.39, 0.29) is 11.9 Å². The molecule has 0 aliphatic heterocycles. The minimum Gasteiger partial charge on any atom is -0.349 e. The summed E-state index contributed by atoms with van der Waals surface area (Å²) in [4.78, 5) is 12.3. The van der Waals surface area contributed by atoms with Crippen LogP contribution in [0.5, 0.6) is 0 Å². The quantitative estimate of drug-likeness (QED) is 0.745. The number of hydrogen-bond donors (Lipinski definition) is 1. The highest BCUT2D eigenvalue weighted by molar-refractivity contribution is 5.78. The van der Waals surface area contributed by atoms with Crippen LogP contribution in [0.3, 0.4) is 0 Å². The molecule has 1 atom stereocenters. The molecule has 25 heavy (non-hydrogen) atoms. The molecule has 0 aliphatic carbocycles. The minimum absolute atomic E-state index is 0.000297. The van der Waals surface area contributed by atoms with Crippen molar-refractivity contribution in [2.45, 2.75) is 32.7 Å². The number of nitrogens with zero attached hydrogens (tertiary/aromatic N) is 2. The summed E-state index contributed by atoms with van der Waals surface area (Å²) < 4.78 is 1.79. The third-order valence-electron chi connectivity index (χ3n) is 4.29. The Morgan fingerprint density at radius 3 is 2.48 bits per heavy atom. The summed E-state index contributed by atoms with van der Waals surface area (Å²) in [6, 6.07) is 18.2. The predicted octanol–water partition coefficient (Wildman–Crippen LogP) is 3.85. The number of benzene rings is 2. The zero-order valence-electron chi connectivity index (χ0n) is 14.6. The second-order valence-corrected chi connectivity index (χ2v) is 6.19. The molecule has 1 heterocycles. The average molecular weight is 333 g/mol. The van der Waals surface area contributed by atoms with Crippen molar-refractivity contribution < 1.29 is 4.79 Å². The van der Waals surface area contributed by atoms with Crippen LogP contribution in [-0.2, 0) is 17.6 Å². The van der Waals surface area contributed by atoms with Gasteiger partial charge in [-0.3, -0.25) is 4.79 Å². The van der Waals surface area contributed by atoms with E-state index in [4.69, 9.17) is 0 Å². The SMILES string of the molecule is CCc1ccc([C@H](C)NC(=O)Cc2cnn(-c3ccccc3)c2)cc1. The molecule has 3 aromatic rings. The Kier molecular flexibility index (Phi) is 5.29. The molecule has 1 amide bonds. The van der Waals surface area contributed by atoms with Gasteiger partial charge in [0.15, 0.2) is 0 Å². The first-order valence-corrected chi connectivity index (χ1v) is 8.63. The molecule has 0 fully saturated rings. The van der Waals surface area contributed by atoms with Gasteiger partial charge in [0, 0.05) is 6.20 Å². The van der Waals surface area contributed by atoms with Crippen molar-refractivity contribution >= 4 is 5.91 Å². The van der Waals surface area contributed by atoms with Crippen LogP contribution in [0.4, 0.5) is 0 Å². The van der Waals surface area contributed by atoms with E-state index in [1.165, 1.54) is 5.56 Å². The third-order valence-corrected chi connectivity index (χ3v) is 4.29. The predicted molar refractivity (Wildman–Crippen MR) is 99.6 cm³/mol. The van der Waals surface area contributed by atoms with Gasteiger partial charge in [-0.05, 0) is 42.2 Å². The summed E-state index contributed by atoms with van der Waals surface area (Å²) in [7, 11) is 0. The Labute approximate surface area is 148 Å². The van der Waals surface area contributed by atoms with E-state index in [9.17, 15) is 4.79 Å². The van der Waals surface area contributed by atoms with Crippen LogP contribution in [0.1, 0.15) is 36.6 Å². The maximum absolute atomic E-state index is 12.3. The highest BCUT2D eigenvalue weighted by atomic mass is 16.1. The summed E-state index contributed by atoms with van der Waals surface area (Å²) in [6.07, 6.45) is 4.99. The molecule has 0 saturated heterocycles. The molecule has 0 unspecified atom stereocenters. The molecule has 0 saturated carbocycles. The van der Waals surface area contributed by atoms with Gasteiger partial charge in [0.1, 0.15) is 0 Å². The number of para-hydroxylation sites is 1. The van der Waals surface area contributed by atoms with Crippen LogP contribution in [-0.4, -0.2) is 15.7 Å². The van der Waals surface area contributed by atoms with Crippen molar-refractivity contribution in [2.24, 2.45) is 0 Å². The molecule has 0 spiro atoms. The lowest BCUT2D eigenvalue weighted by Crippen LogP contribution is -2.28. The van der Waals surface area contributed by atoms with Gasteiger partial charge in [-0.25, -0.2) is 4.68 Å². The van der Waals surface area contributed by atoms with Crippen LogP contribution in [0.15, 0.2) is 67.0 Å². The summed E-state index contributed by atoms with van der Waals surface area (Å²) in [5.74, 6) is -0.000297. The number of rotatable bonds is 6. The van der Waals surface area contributed by atoms with Gasteiger partial charge in [0.2, 0.25) is 5.91 Å². The Hall–Kier alpha value is -2.88. The molecular formula is C21H23N3O. The first-order chi connectivity index (χ1) is 12.2. The normalized spacial score (nSPS) is 11.9. The Balaban J connectivity index is 1.59. The van der Waals surface area contributed by atoms with Gasteiger partial charge < -0.3 is 5.32 Å². The fourth-order valence-electron chi connectivity index (χ4n) is 2.78. The number of carbonyl (C=O) groups is 1. The summed E-state index contributed by atoms with van der Waals surface area (Å²) in [6.45, 7) is 4.14. The molecule has 0 bridgehead atoms. The highest BCUT2D eigenvalue weighted by Gasteiger charge is 2.11. The molecule has 1 aromatic heterocycles. The maximum atomic E-state index is 12.3. The van der Waals surface area contributed by atoms with Gasteiger partial charge in [0.25, 0.3) is 0 Å². The fraction of sp³-hybridized carbons (Fsp3) is 0.238. The van der Waals surface area contributed by atoms with Gasteiger partial charge in [0.05, 0.1) is 24.3 Å². The van der Waals surface area contributed by atoms with E-state index < -0.39 is 0 Å². The average Bonchev–Trinajstić information content (AvgIpc) is 3.10. The monoisotopic (exact) mass is 333 g/mol. The van der Waals surface area contributed by atoms with Crippen molar-refractivity contribution in [1.82, 2.24) is 15.1 Å². The smallest absolute Gasteiger partial charge is 0.225 e. The third kappa shape index (κ3) is 4.35. The van der Waals surface area contributed by atoms with Crippen molar-refractivity contribution in [3.05, 3.63) is 83.7 Å². The van der Waals surface area contributed by atoms with Crippen molar-refractivity contribution in [3.8, 4) is 5.69 Å². The van der Waals surface area contributed by atoms with Crippen LogP contribution in [0, 0.1) is 0 Å².